The average molecular weight is 734 g/mol. The number of nitrogens with zero attached hydrogens (tertiary/aromatic N) is 2. The molecule has 0 N–H and O–H groups in total. The van der Waals surface area contributed by atoms with Crippen molar-refractivity contribution in [3.8, 4) is 22.3 Å². The molecular formula is C54H41BN2. The molecule has 0 amide bonds. The quantitative estimate of drug-likeness (QED) is 0.131. The van der Waals surface area contributed by atoms with Gasteiger partial charge in [-0.1, -0.05) is 166 Å². The second kappa shape index (κ2) is 12.9. The van der Waals surface area contributed by atoms with E-state index in [1.54, 1.807) is 0 Å². The highest BCUT2D eigenvalue weighted by molar-refractivity contribution is 7.00. The van der Waals surface area contributed by atoms with Gasteiger partial charge >= 0.3 is 0 Å². The second-order valence-electron chi connectivity index (χ2n) is 16.1. The van der Waals surface area contributed by atoms with Gasteiger partial charge in [0.2, 0.25) is 0 Å². The molecule has 0 atom stereocenters. The van der Waals surface area contributed by atoms with Crippen LogP contribution in [-0.2, 0) is 5.41 Å². The fourth-order valence-electron chi connectivity index (χ4n) is 9.35. The number of hydrogen-bond acceptors (Lipinski definition) is 2. The van der Waals surface area contributed by atoms with Crippen molar-refractivity contribution in [2.24, 2.45) is 0 Å². The molecule has 0 unspecified atom stereocenters. The maximum atomic E-state index is 9.12. The average Bonchev–Trinajstić information content (AvgIpc) is 3.29. The SMILES string of the molecule is [2H]c1c([2H])c([2H])c(-c2c3ccccc3c(-c3cc4c5c(c3)N(c3ccccc3)c3cc(C(C)(C)C)ccc3B5c3ccccc3N4c3ccccc3)c3ccccc23)c([2H])c1[2H]. The smallest absolute Gasteiger partial charge is 0.252 e. The Balaban J connectivity index is 1.30. The summed E-state index contributed by atoms with van der Waals surface area (Å²) in [5.74, 6) is 0. The molecule has 9 aromatic carbocycles. The van der Waals surface area contributed by atoms with E-state index >= 15 is 0 Å². The molecule has 2 aliphatic heterocycles. The van der Waals surface area contributed by atoms with Crippen LogP contribution in [0, 0.1) is 0 Å². The standard InChI is InChI=1S/C54H41BN2/c1-54(2,3)38-31-32-46-48(35-38)57(40-23-11-6-12-24-40)50-34-37(33-49-53(50)55(46)45-29-17-18-30-47(45)56(49)39-21-9-5-10-22-39)52-43-27-15-13-25-41(43)51(36-19-7-4-8-20-36)42-26-14-16-28-44(42)52/h4-35H,1-3H3/i4D,7D,8D,19D,20D. The lowest BCUT2D eigenvalue weighted by Gasteiger charge is -2.45. The minimum absolute atomic E-state index is 0.0471. The van der Waals surface area contributed by atoms with Crippen LogP contribution in [0.1, 0.15) is 33.2 Å². The molecule has 270 valence electrons. The molecule has 0 aromatic heterocycles. The Hall–Kier alpha value is -6.84. The zero-order chi connectivity index (χ0) is 42.6. The van der Waals surface area contributed by atoms with Crippen LogP contribution >= 0.6 is 0 Å². The number of hydrogen-bond donors (Lipinski definition) is 0. The molecule has 2 aliphatic rings. The van der Waals surface area contributed by atoms with Crippen molar-refractivity contribution in [3.63, 3.8) is 0 Å². The Morgan fingerprint density at radius 1 is 0.439 bits per heavy atom. The van der Waals surface area contributed by atoms with Crippen LogP contribution in [0.15, 0.2) is 194 Å². The third kappa shape index (κ3) is 5.19. The second-order valence-corrected chi connectivity index (χ2v) is 16.1. The minimum atomic E-state index is -0.404. The Morgan fingerprint density at radius 2 is 0.912 bits per heavy atom. The van der Waals surface area contributed by atoms with Crippen LogP contribution < -0.4 is 26.2 Å². The highest BCUT2D eigenvalue weighted by Gasteiger charge is 2.44. The molecular weight excluding hydrogens is 687 g/mol. The third-order valence-electron chi connectivity index (χ3n) is 11.8. The normalized spacial score (nSPS) is 14.3. The van der Waals surface area contributed by atoms with Gasteiger partial charge in [0.1, 0.15) is 0 Å². The van der Waals surface area contributed by atoms with Gasteiger partial charge in [0, 0.05) is 34.1 Å². The molecule has 3 heteroatoms. The molecule has 0 fully saturated rings. The molecule has 0 spiro atoms. The highest BCUT2D eigenvalue weighted by Crippen LogP contribution is 2.49. The maximum Gasteiger partial charge on any atom is 0.252 e. The summed E-state index contributed by atoms with van der Waals surface area (Å²) in [5.41, 5.74) is 14.3. The summed E-state index contributed by atoms with van der Waals surface area (Å²) in [7, 11) is 0. The van der Waals surface area contributed by atoms with Crippen LogP contribution in [0.5, 0.6) is 0 Å². The zero-order valence-electron chi connectivity index (χ0n) is 37.1. The summed E-state index contributed by atoms with van der Waals surface area (Å²) in [6.07, 6.45) is 0. The molecule has 11 rings (SSSR count). The van der Waals surface area contributed by atoms with Crippen LogP contribution in [0.4, 0.5) is 34.1 Å². The number of benzene rings is 9. The van der Waals surface area contributed by atoms with E-state index in [0.29, 0.717) is 5.56 Å². The summed E-state index contributed by atoms with van der Waals surface area (Å²) in [4.78, 5) is 4.86. The molecule has 0 saturated heterocycles. The first-order valence-corrected chi connectivity index (χ1v) is 19.7. The Morgan fingerprint density at radius 3 is 1.47 bits per heavy atom. The van der Waals surface area contributed by atoms with Gasteiger partial charge < -0.3 is 9.80 Å². The Bertz CT molecular complexity index is 3220. The van der Waals surface area contributed by atoms with Gasteiger partial charge in [-0.25, -0.2) is 0 Å². The van der Waals surface area contributed by atoms with Crippen molar-refractivity contribution in [1.29, 1.82) is 0 Å². The van der Waals surface area contributed by atoms with Crippen LogP contribution in [-0.4, -0.2) is 6.71 Å². The van der Waals surface area contributed by atoms with Crippen molar-refractivity contribution in [1.82, 2.24) is 0 Å². The molecule has 2 nitrogen and oxygen atoms in total. The van der Waals surface area contributed by atoms with E-state index < -0.39 is 6.04 Å². The van der Waals surface area contributed by atoms with Crippen molar-refractivity contribution in [2.45, 2.75) is 26.2 Å². The lowest BCUT2D eigenvalue weighted by Crippen LogP contribution is -2.61. The molecule has 0 saturated carbocycles. The van der Waals surface area contributed by atoms with E-state index in [9.17, 15) is 0 Å². The molecule has 2 heterocycles. The van der Waals surface area contributed by atoms with Crippen molar-refractivity contribution in [3.05, 3.63) is 200 Å². The number of para-hydroxylation sites is 3. The van der Waals surface area contributed by atoms with Gasteiger partial charge in [-0.05, 0) is 120 Å². The summed E-state index contributed by atoms with van der Waals surface area (Å²) in [6.45, 7) is 6.76. The largest absolute Gasteiger partial charge is 0.311 e. The van der Waals surface area contributed by atoms with E-state index in [0.717, 1.165) is 66.8 Å². The van der Waals surface area contributed by atoms with Crippen LogP contribution in [0.25, 0.3) is 43.8 Å². The van der Waals surface area contributed by atoms with E-state index in [4.69, 9.17) is 6.85 Å². The van der Waals surface area contributed by atoms with E-state index in [-0.39, 0.29) is 41.9 Å². The number of rotatable bonds is 4. The van der Waals surface area contributed by atoms with E-state index in [1.165, 1.54) is 22.0 Å². The van der Waals surface area contributed by atoms with Gasteiger partial charge in [-0.2, -0.15) is 0 Å². The lowest BCUT2D eigenvalue weighted by molar-refractivity contribution is 0.590. The predicted octanol–water partition coefficient (Wildman–Crippen LogP) is 12.7. The maximum absolute atomic E-state index is 9.12. The lowest BCUT2D eigenvalue weighted by atomic mass is 9.33. The van der Waals surface area contributed by atoms with Crippen LogP contribution in [0.3, 0.4) is 0 Å². The summed E-state index contributed by atoms with van der Waals surface area (Å²) >= 11 is 0. The van der Waals surface area contributed by atoms with Gasteiger partial charge in [0.05, 0.1) is 6.85 Å². The summed E-state index contributed by atoms with van der Waals surface area (Å²) < 4.78 is 43.9. The fraction of sp³-hybridized carbons (Fsp3) is 0.0741. The van der Waals surface area contributed by atoms with Crippen molar-refractivity contribution >= 4 is 78.8 Å². The van der Waals surface area contributed by atoms with Crippen LogP contribution in [0.2, 0.25) is 0 Å². The molecule has 57 heavy (non-hydrogen) atoms. The van der Waals surface area contributed by atoms with Gasteiger partial charge in [-0.15, -0.1) is 0 Å². The first kappa shape index (κ1) is 28.6. The molecule has 0 bridgehead atoms. The predicted molar refractivity (Wildman–Crippen MR) is 245 cm³/mol. The fourth-order valence-corrected chi connectivity index (χ4v) is 9.35. The Labute approximate surface area is 342 Å². The number of fused-ring (bicyclic) bond motifs is 6. The monoisotopic (exact) mass is 733 g/mol. The van der Waals surface area contributed by atoms with E-state index in [1.807, 2.05) is 36.4 Å². The van der Waals surface area contributed by atoms with Crippen molar-refractivity contribution in [2.75, 3.05) is 9.80 Å². The van der Waals surface area contributed by atoms with Gasteiger partial charge in [-0.3, -0.25) is 0 Å². The topological polar surface area (TPSA) is 6.48 Å². The number of anilines is 6. The van der Waals surface area contributed by atoms with Crippen molar-refractivity contribution < 1.29 is 6.85 Å². The summed E-state index contributed by atoms with van der Waals surface area (Å²) in [5, 5.41) is 3.48. The minimum Gasteiger partial charge on any atom is -0.311 e. The summed E-state index contributed by atoms with van der Waals surface area (Å²) in [6, 6.07) is 56.6. The van der Waals surface area contributed by atoms with Gasteiger partial charge in [0.25, 0.3) is 6.71 Å². The first-order valence-electron chi connectivity index (χ1n) is 22.2. The van der Waals surface area contributed by atoms with Gasteiger partial charge in [0.15, 0.2) is 0 Å². The molecule has 0 radical (unpaired) electrons. The highest BCUT2D eigenvalue weighted by atomic mass is 15.2. The Kier molecular flexibility index (Phi) is 6.44. The molecule has 9 aromatic rings. The molecule has 0 aliphatic carbocycles. The first-order chi connectivity index (χ1) is 30.0. The van der Waals surface area contributed by atoms with E-state index in [2.05, 4.69) is 158 Å². The zero-order valence-corrected chi connectivity index (χ0v) is 32.1. The third-order valence-corrected chi connectivity index (χ3v) is 11.8.